The molecule has 0 aliphatic rings. The minimum absolute atomic E-state index is 0.0664. The van der Waals surface area contributed by atoms with E-state index < -0.39 is 0 Å². The average molecular weight is 354 g/mol. The molecule has 0 atom stereocenters. The third-order valence-corrected chi connectivity index (χ3v) is 4.20. The van der Waals surface area contributed by atoms with Crippen molar-refractivity contribution in [3.63, 3.8) is 0 Å². The van der Waals surface area contributed by atoms with Crippen LogP contribution in [0, 0.1) is 0 Å². The minimum atomic E-state index is 0.0664. The second-order valence-electron chi connectivity index (χ2n) is 6.21. The van der Waals surface area contributed by atoms with Gasteiger partial charge in [0, 0.05) is 43.1 Å². The lowest BCUT2D eigenvalue weighted by Crippen LogP contribution is -2.10. The molecule has 1 heterocycles. The van der Waals surface area contributed by atoms with E-state index in [1.165, 1.54) is 0 Å². The van der Waals surface area contributed by atoms with Gasteiger partial charge in [0.1, 0.15) is 0 Å². The predicted octanol–water partition coefficient (Wildman–Crippen LogP) is 4.08. The van der Waals surface area contributed by atoms with Crippen LogP contribution in [-0.4, -0.2) is 29.4 Å². The van der Waals surface area contributed by atoms with Crippen LogP contribution in [-0.2, 0) is 13.0 Å². The van der Waals surface area contributed by atoms with Gasteiger partial charge in [0.2, 0.25) is 0 Å². The lowest BCUT2D eigenvalue weighted by molar-refractivity contribution is 0.0992. The maximum atomic E-state index is 12.5. The number of hydrogen-bond acceptors (Lipinski definition) is 3. The smallest absolute Gasteiger partial charge is 0.168 e. The van der Waals surface area contributed by atoms with Gasteiger partial charge in [0.15, 0.2) is 5.78 Å². The molecule has 3 rings (SSSR count). The van der Waals surface area contributed by atoms with E-state index in [9.17, 15) is 4.79 Å². The van der Waals surface area contributed by atoms with Crippen LogP contribution in [0.4, 0.5) is 5.69 Å². The number of ketones is 1. The number of rotatable bonds is 6. The zero-order chi connectivity index (χ0) is 17.8. The molecule has 0 amide bonds. The Morgan fingerprint density at radius 1 is 1.16 bits per heavy atom. The fourth-order valence-electron chi connectivity index (χ4n) is 2.65. The van der Waals surface area contributed by atoms with E-state index in [4.69, 9.17) is 11.6 Å². The molecular weight excluding hydrogens is 334 g/mol. The van der Waals surface area contributed by atoms with E-state index in [1.54, 1.807) is 6.33 Å². The molecule has 128 valence electrons. The standard InChI is InChI=1S/C20H20ClN3O/c1-23(2)19-8-4-6-16(10-19)20(25)11-18-13-24(14-22-18)12-15-5-3-7-17(21)9-15/h3-10,13-14H,11-12H2,1-2H3. The van der Waals surface area contributed by atoms with Crippen molar-refractivity contribution in [2.24, 2.45) is 0 Å². The summed E-state index contributed by atoms with van der Waals surface area (Å²) in [4.78, 5) is 18.9. The van der Waals surface area contributed by atoms with Crippen LogP contribution in [0.15, 0.2) is 61.1 Å². The second kappa shape index (κ2) is 7.53. The quantitative estimate of drug-likeness (QED) is 0.627. The van der Waals surface area contributed by atoms with Gasteiger partial charge in [0.25, 0.3) is 0 Å². The van der Waals surface area contributed by atoms with E-state index in [1.807, 2.05) is 78.3 Å². The van der Waals surface area contributed by atoms with Crippen LogP contribution in [0.2, 0.25) is 5.02 Å². The summed E-state index contributed by atoms with van der Waals surface area (Å²) in [5.41, 5.74) is 3.58. The van der Waals surface area contributed by atoms with Gasteiger partial charge in [-0.2, -0.15) is 0 Å². The summed E-state index contributed by atoms with van der Waals surface area (Å²) in [7, 11) is 3.92. The molecule has 0 unspecified atom stereocenters. The second-order valence-corrected chi connectivity index (χ2v) is 6.65. The van der Waals surface area contributed by atoms with Gasteiger partial charge >= 0.3 is 0 Å². The molecule has 0 radical (unpaired) electrons. The summed E-state index contributed by atoms with van der Waals surface area (Å²) >= 11 is 6.01. The maximum Gasteiger partial charge on any atom is 0.168 e. The average Bonchev–Trinajstić information content (AvgIpc) is 3.02. The van der Waals surface area contributed by atoms with Gasteiger partial charge in [-0.25, -0.2) is 4.98 Å². The highest BCUT2D eigenvalue weighted by atomic mass is 35.5. The van der Waals surface area contributed by atoms with Crippen LogP contribution in [0.5, 0.6) is 0 Å². The summed E-state index contributed by atoms with van der Waals surface area (Å²) in [5.74, 6) is 0.0664. The number of imidazole rings is 1. The number of hydrogen-bond donors (Lipinski definition) is 0. The maximum absolute atomic E-state index is 12.5. The molecule has 0 saturated carbocycles. The number of nitrogens with zero attached hydrogens (tertiary/aromatic N) is 3. The summed E-state index contributed by atoms with van der Waals surface area (Å²) in [6, 6.07) is 15.4. The monoisotopic (exact) mass is 353 g/mol. The lowest BCUT2D eigenvalue weighted by Gasteiger charge is -2.12. The number of anilines is 1. The Morgan fingerprint density at radius 2 is 1.96 bits per heavy atom. The van der Waals surface area contributed by atoms with Crippen LogP contribution in [0.1, 0.15) is 21.6 Å². The molecule has 4 nitrogen and oxygen atoms in total. The Balaban J connectivity index is 1.68. The number of carbonyl (C=O) groups excluding carboxylic acids is 1. The van der Waals surface area contributed by atoms with Gasteiger partial charge in [-0.15, -0.1) is 0 Å². The fourth-order valence-corrected chi connectivity index (χ4v) is 2.87. The first-order chi connectivity index (χ1) is 12.0. The van der Waals surface area contributed by atoms with Crippen LogP contribution in [0.3, 0.4) is 0 Å². The fraction of sp³-hybridized carbons (Fsp3) is 0.200. The Morgan fingerprint density at radius 3 is 2.72 bits per heavy atom. The number of Topliss-reactive ketones (excluding diaryl/α,β-unsaturated/α-hetero) is 1. The first kappa shape index (κ1) is 17.2. The molecular formula is C20H20ClN3O. The SMILES string of the molecule is CN(C)c1cccc(C(=O)Cc2cn(Cc3cccc(Cl)c3)cn2)c1. The first-order valence-corrected chi connectivity index (χ1v) is 8.45. The van der Waals surface area contributed by atoms with Crippen molar-refractivity contribution >= 4 is 23.1 Å². The molecule has 0 N–H and O–H groups in total. The lowest BCUT2D eigenvalue weighted by atomic mass is 10.1. The van der Waals surface area contributed by atoms with Gasteiger partial charge in [-0.1, -0.05) is 35.9 Å². The Labute approximate surface area is 152 Å². The first-order valence-electron chi connectivity index (χ1n) is 8.07. The third-order valence-electron chi connectivity index (χ3n) is 3.97. The minimum Gasteiger partial charge on any atom is -0.378 e. The summed E-state index contributed by atoms with van der Waals surface area (Å²) < 4.78 is 1.96. The van der Waals surface area contributed by atoms with E-state index >= 15 is 0 Å². The van der Waals surface area contributed by atoms with Crippen molar-refractivity contribution in [2.75, 3.05) is 19.0 Å². The zero-order valence-corrected chi connectivity index (χ0v) is 15.1. The van der Waals surface area contributed by atoms with Crippen molar-refractivity contribution in [1.82, 2.24) is 9.55 Å². The van der Waals surface area contributed by atoms with Crippen LogP contribution in [0.25, 0.3) is 0 Å². The van der Waals surface area contributed by atoms with E-state index in [0.29, 0.717) is 23.6 Å². The highest BCUT2D eigenvalue weighted by molar-refractivity contribution is 6.30. The van der Waals surface area contributed by atoms with Gasteiger partial charge in [-0.05, 0) is 29.8 Å². The van der Waals surface area contributed by atoms with Gasteiger partial charge in [0.05, 0.1) is 18.4 Å². The summed E-state index contributed by atoms with van der Waals surface area (Å²) in [6.45, 7) is 0.678. The zero-order valence-electron chi connectivity index (χ0n) is 14.3. The Kier molecular flexibility index (Phi) is 5.19. The summed E-state index contributed by atoms with van der Waals surface area (Å²) in [5, 5.41) is 0.716. The third kappa shape index (κ3) is 4.48. The highest BCUT2D eigenvalue weighted by Crippen LogP contribution is 2.16. The highest BCUT2D eigenvalue weighted by Gasteiger charge is 2.10. The largest absolute Gasteiger partial charge is 0.378 e. The number of aromatic nitrogens is 2. The van der Waals surface area contributed by atoms with Gasteiger partial charge in [-0.3, -0.25) is 4.79 Å². The molecule has 0 fully saturated rings. The van der Waals surface area contributed by atoms with E-state index in [0.717, 1.165) is 16.9 Å². The molecule has 0 aliphatic heterocycles. The predicted molar refractivity (Wildman–Crippen MR) is 102 cm³/mol. The molecule has 5 heteroatoms. The molecule has 0 saturated heterocycles. The normalized spacial score (nSPS) is 10.7. The molecule has 1 aromatic heterocycles. The van der Waals surface area contributed by atoms with Crippen molar-refractivity contribution in [3.05, 3.63) is 82.9 Å². The van der Waals surface area contributed by atoms with Crippen molar-refractivity contribution in [1.29, 1.82) is 0 Å². The molecule has 25 heavy (non-hydrogen) atoms. The number of benzene rings is 2. The van der Waals surface area contributed by atoms with E-state index in [2.05, 4.69) is 4.98 Å². The van der Waals surface area contributed by atoms with Crippen molar-refractivity contribution < 1.29 is 4.79 Å². The molecule has 3 aromatic rings. The van der Waals surface area contributed by atoms with E-state index in [-0.39, 0.29) is 5.78 Å². The van der Waals surface area contributed by atoms with Crippen molar-refractivity contribution in [2.45, 2.75) is 13.0 Å². The molecule has 2 aromatic carbocycles. The number of halogens is 1. The van der Waals surface area contributed by atoms with Crippen molar-refractivity contribution in [3.8, 4) is 0 Å². The summed E-state index contributed by atoms with van der Waals surface area (Å²) in [6.07, 6.45) is 3.95. The number of carbonyl (C=O) groups is 1. The Hall–Kier alpha value is -2.59. The van der Waals surface area contributed by atoms with Crippen LogP contribution < -0.4 is 4.90 Å². The van der Waals surface area contributed by atoms with Gasteiger partial charge < -0.3 is 9.47 Å². The topological polar surface area (TPSA) is 38.1 Å². The molecule has 0 bridgehead atoms. The van der Waals surface area contributed by atoms with Crippen LogP contribution >= 0.6 is 11.6 Å². The molecule has 0 spiro atoms. The molecule has 0 aliphatic carbocycles. The Bertz CT molecular complexity index is 886.